The lowest BCUT2D eigenvalue weighted by atomic mass is 10.0. The number of hydrogen-bond acceptors (Lipinski definition) is 6. The molecule has 1 amide bonds. The summed E-state index contributed by atoms with van der Waals surface area (Å²) >= 11 is 5.69. The van der Waals surface area contributed by atoms with Crippen LogP contribution in [0.3, 0.4) is 0 Å². The molecule has 1 saturated heterocycles. The molecule has 0 atom stereocenters. The summed E-state index contributed by atoms with van der Waals surface area (Å²) in [6.07, 6.45) is -0.902. The minimum atomic E-state index is -0.902. The number of carbonyl (C=O) groups excluding carboxylic acids is 2. The number of rotatable bonds is 3. The van der Waals surface area contributed by atoms with Crippen LogP contribution in [0.1, 0.15) is 10.4 Å². The summed E-state index contributed by atoms with van der Waals surface area (Å²) in [4.78, 5) is 27.7. The van der Waals surface area contributed by atoms with Gasteiger partial charge < -0.3 is 20.0 Å². The van der Waals surface area contributed by atoms with E-state index >= 15 is 0 Å². The first-order chi connectivity index (χ1) is 9.54. The molecule has 0 radical (unpaired) electrons. The lowest BCUT2D eigenvalue weighted by molar-refractivity contribution is -0.175. The van der Waals surface area contributed by atoms with Crippen molar-refractivity contribution in [2.75, 3.05) is 19.8 Å². The molecule has 0 saturated carbocycles. The van der Waals surface area contributed by atoms with Crippen LogP contribution >= 0.6 is 11.6 Å². The van der Waals surface area contributed by atoms with E-state index in [9.17, 15) is 9.59 Å². The Balaban J connectivity index is 1.81. The highest BCUT2D eigenvalue weighted by molar-refractivity contribution is 6.30. The fourth-order valence-electron chi connectivity index (χ4n) is 1.50. The summed E-state index contributed by atoms with van der Waals surface area (Å²) in [5.41, 5.74) is 6.78. The standard InChI is InChI=1S/C12H13ClN2O5/c13-9-3-1-8(2-4-9)10(16)20-15-11(17)19-12(5-14)6-18-7-12/h1-4H,5-7,14H2,(H,15,17). The van der Waals surface area contributed by atoms with Crippen molar-refractivity contribution in [1.82, 2.24) is 5.48 Å². The van der Waals surface area contributed by atoms with Gasteiger partial charge in [-0.2, -0.15) is 0 Å². The SMILES string of the molecule is NCC1(OC(=O)NOC(=O)c2ccc(Cl)cc2)COC1. The van der Waals surface area contributed by atoms with Crippen LogP contribution in [0, 0.1) is 0 Å². The number of nitrogens with two attached hydrogens (primary N) is 1. The van der Waals surface area contributed by atoms with E-state index in [1.807, 2.05) is 5.48 Å². The van der Waals surface area contributed by atoms with Crippen molar-refractivity contribution in [3.63, 3.8) is 0 Å². The van der Waals surface area contributed by atoms with Gasteiger partial charge in [-0.1, -0.05) is 11.6 Å². The summed E-state index contributed by atoms with van der Waals surface area (Å²) < 4.78 is 9.96. The Morgan fingerprint density at radius 2 is 2.00 bits per heavy atom. The second-order valence-corrected chi connectivity index (χ2v) is 4.70. The van der Waals surface area contributed by atoms with Crippen molar-refractivity contribution in [1.29, 1.82) is 0 Å². The topological polar surface area (TPSA) is 99.9 Å². The van der Waals surface area contributed by atoms with Crippen LogP contribution in [0.4, 0.5) is 4.79 Å². The molecule has 1 aromatic rings. The highest BCUT2D eigenvalue weighted by Crippen LogP contribution is 2.20. The van der Waals surface area contributed by atoms with Gasteiger partial charge in [-0.05, 0) is 24.3 Å². The second-order valence-electron chi connectivity index (χ2n) is 4.27. The summed E-state index contributed by atoms with van der Waals surface area (Å²) in [6.45, 7) is 0.579. The van der Waals surface area contributed by atoms with Gasteiger partial charge in [-0.15, -0.1) is 5.48 Å². The normalized spacial score (nSPS) is 15.9. The van der Waals surface area contributed by atoms with Crippen LogP contribution in [-0.2, 0) is 14.3 Å². The molecule has 7 nitrogen and oxygen atoms in total. The minimum absolute atomic E-state index is 0.131. The second kappa shape index (κ2) is 6.08. The van der Waals surface area contributed by atoms with E-state index in [2.05, 4.69) is 4.84 Å². The van der Waals surface area contributed by atoms with Crippen LogP contribution < -0.4 is 11.2 Å². The van der Waals surface area contributed by atoms with Gasteiger partial charge in [0.2, 0.25) is 0 Å². The van der Waals surface area contributed by atoms with Gasteiger partial charge in [0.25, 0.3) is 0 Å². The average Bonchev–Trinajstić information content (AvgIpc) is 2.41. The monoisotopic (exact) mass is 300 g/mol. The highest BCUT2D eigenvalue weighted by Gasteiger charge is 2.41. The van der Waals surface area contributed by atoms with Crippen LogP contribution in [0.15, 0.2) is 24.3 Å². The molecule has 0 unspecified atom stereocenters. The molecule has 1 heterocycles. The summed E-state index contributed by atoms with van der Waals surface area (Å²) in [5, 5.41) is 0.490. The average molecular weight is 301 g/mol. The van der Waals surface area contributed by atoms with E-state index in [0.29, 0.717) is 5.02 Å². The van der Waals surface area contributed by atoms with Gasteiger partial charge in [0.05, 0.1) is 18.8 Å². The third kappa shape index (κ3) is 3.38. The van der Waals surface area contributed by atoms with Gasteiger partial charge in [-0.25, -0.2) is 9.59 Å². The Hall–Kier alpha value is -1.83. The van der Waals surface area contributed by atoms with Gasteiger partial charge in [0.1, 0.15) is 0 Å². The zero-order valence-electron chi connectivity index (χ0n) is 10.4. The lowest BCUT2D eigenvalue weighted by Gasteiger charge is -2.38. The molecule has 108 valence electrons. The van der Waals surface area contributed by atoms with Crippen LogP contribution in [0.5, 0.6) is 0 Å². The first-order valence-corrected chi connectivity index (χ1v) is 6.16. The fraction of sp³-hybridized carbons (Fsp3) is 0.333. The molecule has 0 bridgehead atoms. The molecule has 8 heteroatoms. The van der Waals surface area contributed by atoms with Gasteiger partial charge >= 0.3 is 12.1 Å². The first kappa shape index (κ1) is 14.6. The zero-order valence-corrected chi connectivity index (χ0v) is 11.2. The van der Waals surface area contributed by atoms with E-state index in [4.69, 9.17) is 26.8 Å². The van der Waals surface area contributed by atoms with Crippen molar-refractivity contribution in [2.45, 2.75) is 5.60 Å². The number of hydrogen-bond donors (Lipinski definition) is 2. The quantitative estimate of drug-likeness (QED) is 0.803. The Morgan fingerprint density at radius 3 is 2.50 bits per heavy atom. The molecule has 1 fully saturated rings. The fourth-order valence-corrected chi connectivity index (χ4v) is 1.62. The Kier molecular flexibility index (Phi) is 4.43. The zero-order chi connectivity index (χ0) is 14.6. The number of halogens is 1. The Bertz CT molecular complexity index is 496. The van der Waals surface area contributed by atoms with Crippen molar-refractivity contribution in [3.8, 4) is 0 Å². The minimum Gasteiger partial charge on any atom is -0.435 e. The third-order valence-electron chi connectivity index (χ3n) is 2.72. The predicted molar refractivity (Wildman–Crippen MR) is 69.1 cm³/mol. The molecule has 0 spiro atoms. The maximum atomic E-state index is 11.6. The molecule has 1 aromatic carbocycles. The number of amides is 1. The number of nitrogens with one attached hydrogen (secondary N) is 1. The van der Waals surface area contributed by atoms with Crippen molar-refractivity contribution >= 4 is 23.7 Å². The summed E-state index contributed by atoms with van der Waals surface area (Å²) in [6, 6.07) is 6.01. The maximum absolute atomic E-state index is 11.6. The Labute approximate surface area is 119 Å². The van der Waals surface area contributed by atoms with Gasteiger partial charge in [0.15, 0.2) is 5.60 Å². The van der Waals surface area contributed by atoms with Crippen LogP contribution in [0.2, 0.25) is 5.02 Å². The molecule has 1 aliphatic rings. The summed E-state index contributed by atoms with van der Waals surface area (Å²) in [5.74, 6) is -0.731. The molecule has 2 rings (SSSR count). The Morgan fingerprint density at radius 1 is 1.35 bits per heavy atom. The lowest BCUT2D eigenvalue weighted by Crippen LogP contribution is -2.59. The van der Waals surface area contributed by atoms with Crippen molar-refractivity contribution in [2.24, 2.45) is 5.73 Å². The molecule has 1 aliphatic heterocycles. The predicted octanol–water partition coefficient (Wildman–Crippen LogP) is 0.866. The van der Waals surface area contributed by atoms with E-state index in [1.54, 1.807) is 0 Å². The third-order valence-corrected chi connectivity index (χ3v) is 2.97. The first-order valence-electron chi connectivity index (χ1n) is 5.78. The molecular weight excluding hydrogens is 288 g/mol. The number of carbonyl (C=O) groups is 2. The van der Waals surface area contributed by atoms with Gasteiger partial charge in [-0.3, -0.25) is 0 Å². The molecular formula is C12H13ClN2O5. The highest BCUT2D eigenvalue weighted by atomic mass is 35.5. The number of benzene rings is 1. The molecule has 0 aromatic heterocycles. The summed E-state index contributed by atoms with van der Waals surface area (Å²) in [7, 11) is 0. The van der Waals surface area contributed by atoms with Crippen molar-refractivity contribution < 1.29 is 23.9 Å². The van der Waals surface area contributed by atoms with Crippen LogP contribution in [0.25, 0.3) is 0 Å². The number of hydroxylamine groups is 1. The maximum Gasteiger partial charge on any atom is 0.441 e. The van der Waals surface area contributed by atoms with E-state index in [-0.39, 0.29) is 25.3 Å². The largest absolute Gasteiger partial charge is 0.441 e. The van der Waals surface area contributed by atoms with E-state index in [0.717, 1.165) is 0 Å². The molecule has 0 aliphatic carbocycles. The van der Waals surface area contributed by atoms with Crippen LogP contribution in [-0.4, -0.2) is 37.4 Å². The molecule has 3 N–H and O–H groups in total. The smallest absolute Gasteiger partial charge is 0.435 e. The molecule has 20 heavy (non-hydrogen) atoms. The van der Waals surface area contributed by atoms with Gasteiger partial charge in [0, 0.05) is 11.6 Å². The van der Waals surface area contributed by atoms with Crippen molar-refractivity contribution in [3.05, 3.63) is 34.9 Å². The van der Waals surface area contributed by atoms with E-state index in [1.165, 1.54) is 24.3 Å². The van der Waals surface area contributed by atoms with E-state index < -0.39 is 17.7 Å². The number of ether oxygens (including phenoxy) is 2.